The number of pyridine rings is 1. The van der Waals surface area contributed by atoms with Crippen molar-refractivity contribution < 1.29 is 19.1 Å². The number of hydrogen-bond donors (Lipinski definition) is 2. The number of anilines is 2. The maximum Gasteiger partial charge on any atom is 0.290 e. The molecule has 2 aromatic carbocycles. The number of hydrogen-bond acceptors (Lipinski definition) is 4. The largest absolute Gasteiger partial charge is 0.322 e. The maximum atomic E-state index is 12.4. The monoisotopic (exact) mass is 411 g/mol. The van der Waals surface area contributed by atoms with Gasteiger partial charge in [0.2, 0.25) is 6.54 Å². The molecule has 3 aromatic rings. The number of carbonyl (C=O) groups is 2. The molecule has 0 aliphatic carbocycles. The number of nitrogens with zero attached hydrogens (tertiary/aromatic N) is 2. The van der Waals surface area contributed by atoms with Gasteiger partial charge in [0.05, 0.1) is 4.92 Å². The summed E-state index contributed by atoms with van der Waals surface area (Å²) in [6.07, 6.45) is 3.22. The summed E-state index contributed by atoms with van der Waals surface area (Å²) < 4.78 is 1.57. The van der Waals surface area contributed by atoms with Crippen LogP contribution in [0.1, 0.15) is 10.4 Å². The lowest BCUT2D eigenvalue weighted by molar-refractivity contribution is -0.684. The molecule has 9 heteroatoms. The van der Waals surface area contributed by atoms with E-state index < -0.39 is 4.92 Å². The van der Waals surface area contributed by atoms with Gasteiger partial charge in [-0.25, -0.2) is 0 Å². The Bertz CT molecular complexity index is 1050. The summed E-state index contributed by atoms with van der Waals surface area (Å²) in [4.78, 5) is 34.8. The number of aromatic nitrogens is 1. The van der Waals surface area contributed by atoms with Crippen LogP contribution in [0.4, 0.5) is 17.1 Å². The quantitative estimate of drug-likeness (QED) is 0.368. The molecule has 0 unspecified atom stereocenters. The second-order valence-electron chi connectivity index (χ2n) is 6.08. The number of non-ortho nitro benzene ring substituents is 1. The summed E-state index contributed by atoms with van der Waals surface area (Å²) >= 11 is 5.83. The van der Waals surface area contributed by atoms with Gasteiger partial charge in [0.1, 0.15) is 5.56 Å². The first-order valence-corrected chi connectivity index (χ1v) is 8.89. The Morgan fingerprint density at radius 2 is 1.59 bits per heavy atom. The molecule has 0 radical (unpaired) electrons. The number of nitro groups is 1. The van der Waals surface area contributed by atoms with Gasteiger partial charge < -0.3 is 10.6 Å². The average molecular weight is 412 g/mol. The third-order valence-electron chi connectivity index (χ3n) is 3.91. The Morgan fingerprint density at radius 1 is 0.966 bits per heavy atom. The van der Waals surface area contributed by atoms with E-state index in [0.29, 0.717) is 22.0 Å². The van der Waals surface area contributed by atoms with E-state index in [4.69, 9.17) is 11.6 Å². The molecule has 146 valence electrons. The second kappa shape index (κ2) is 8.94. The van der Waals surface area contributed by atoms with Gasteiger partial charge in [0.25, 0.3) is 17.5 Å². The van der Waals surface area contributed by atoms with Crippen LogP contribution in [0.2, 0.25) is 5.02 Å². The van der Waals surface area contributed by atoms with Crippen LogP contribution in [0.3, 0.4) is 0 Å². The first-order valence-electron chi connectivity index (χ1n) is 8.51. The number of halogens is 1. The predicted octanol–water partition coefficient (Wildman–Crippen LogP) is 3.43. The molecule has 0 saturated carbocycles. The summed E-state index contributed by atoms with van der Waals surface area (Å²) in [6.45, 7) is -0.0287. The summed E-state index contributed by atoms with van der Waals surface area (Å²) in [5, 5.41) is 16.6. The van der Waals surface area contributed by atoms with Gasteiger partial charge in [-0.15, -0.1) is 0 Å². The Balaban J connectivity index is 1.62. The molecule has 0 spiro atoms. The van der Waals surface area contributed by atoms with Crippen molar-refractivity contribution in [3.63, 3.8) is 0 Å². The smallest absolute Gasteiger partial charge is 0.290 e. The van der Waals surface area contributed by atoms with E-state index >= 15 is 0 Å². The predicted molar refractivity (Wildman–Crippen MR) is 108 cm³/mol. The van der Waals surface area contributed by atoms with E-state index in [9.17, 15) is 19.7 Å². The second-order valence-corrected chi connectivity index (χ2v) is 6.51. The molecule has 2 N–H and O–H groups in total. The van der Waals surface area contributed by atoms with Crippen LogP contribution in [-0.2, 0) is 11.3 Å². The number of amides is 2. The number of benzene rings is 2. The Hall–Kier alpha value is -3.78. The minimum Gasteiger partial charge on any atom is -0.322 e. The van der Waals surface area contributed by atoms with Gasteiger partial charge in [-0.2, -0.15) is 4.57 Å². The minimum atomic E-state index is -0.512. The summed E-state index contributed by atoms with van der Waals surface area (Å²) in [5.74, 6) is -0.656. The Morgan fingerprint density at radius 3 is 2.24 bits per heavy atom. The molecule has 0 atom stereocenters. The van der Waals surface area contributed by atoms with Gasteiger partial charge >= 0.3 is 0 Å². The number of nitrogens with one attached hydrogen (secondary N) is 2. The first kappa shape index (κ1) is 20.0. The average Bonchev–Trinajstić information content (AvgIpc) is 2.70. The van der Waals surface area contributed by atoms with E-state index in [1.54, 1.807) is 53.4 Å². The highest BCUT2D eigenvalue weighted by molar-refractivity contribution is 6.30. The molecule has 1 heterocycles. The number of carbonyl (C=O) groups excluding carboxylic acids is 2. The zero-order valence-electron chi connectivity index (χ0n) is 15.0. The molecule has 0 aliphatic rings. The van der Waals surface area contributed by atoms with Crippen molar-refractivity contribution in [1.29, 1.82) is 0 Å². The van der Waals surface area contributed by atoms with E-state index in [0.717, 1.165) is 0 Å². The molecule has 0 fully saturated rings. The molecule has 1 aromatic heterocycles. The topological polar surface area (TPSA) is 105 Å². The van der Waals surface area contributed by atoms with Crippen molar-refractivity contribution in [3.8, 4) is 0 Å². The summed E-state index contributed by atoms with van der Waals surface area (Å²) in [5.41, 5.74) is 1.37. The van der Waals surface area contributed by atoms with Crippen LogP contribution in [0.5, 0.6) is 0 Å². The fourth-order valence-corrected chi connectivity index (χ4v) is 2.65. The van der Waals surface area contributed by atoms with Crippen LogP contribution >= 0.6 is 11.6 Å². The highest BCUT2D eigenvalue weighted by Gasteiger charge is 2.15. The molecule has 0 saturated heterocycles. The lowest BCUT2D eigenvalue weighted by atomic mass is 10.2. The first-order chi connectivity index (χ1) is 13.9. The number of rotatable bonds is 6. The normalized spacial score (nSPS) is 10.2. The Kier molecular flexibility index (Phi) is 6.16. The van der Waals surface area contributed by atoms with E-state index in [1.165, 1.54) is 24.3 Å². The fourth-order valence-electron chi connectivity index (χ4n) is 2.52. The van der Waals surface area contributed by atoms with Crippen LogP contribution in [0.25, 0.3) is 0 Å². The minimum absolute atomic E-state index is 0.0287. The van der Waals surface area contributed by atoms with Gasteiger partial charge in [-0.05, 0) is 42.5 Å². The fraction of sp³-hybridized carbons (Fsp3) is 0.0500. The van der Waals surface area contributed by atoms with Gasteiger partial charge in [-0.3, -0.25) is 19.7 Å². The van der Waals surface area contributed by atoms with E-state index in [-0.39, 0.29) is 24.0 Å². The van der Waals surface area contributed by atoms with E-state index in [2.05, 4.69) is 10.6 Å². The molecule has 0 aliphatic heterocycles. The van der Waals surface area contributed by atoms with Crippen LogP contribution in [0.15, 0.2) is 73.1 Å². The molecule has 0 bridgehead atoms. The molecular formula is C20H16ClN4O4+. The lowest BCUT2D eigenvalue weighted by Gasteiger charge is -2.05. The third-order valence-corrected chi connectivity index (χ3v) is 4.16. The van der Waals surface area contributed by atoms with Crippen molar-refractivity contribution in [1.82, 2.24) is 0 Å². The van der Waals surface area contributed by atoms with Crippen LogP contribution in [0, 0.1) is 10.1 Å². The van der Waals surface area contributed by atoms with Gasteiger partial charge in [0, 0.05) is 34.6 Å². The molecule has 2 amide bonds. The molecule has 29 heavy (non-hydrogen) atoms. The highest BCUT2D eigenvalue weighted by Crippen LogP contribution is 2.16. The van der Waals surface area contributed by atoms with E-state index in [1.807, 2.05) is 0 Å². The van der Waals surface area contributed by atoms with Crippen molar-refractivity contribution in [2.45, 2.75) is 6.54 Å². The highest BCUT2D eigenvalue weighted by atomic mass is 35.5. The van der Waals surface area contributed by atoms with Gasteiger partial charge in [-0.1, -0.05) is 11.6 Å². The van der Waals surface area contributed by atoms with Gasteiger partial charge in [0.15, 0.2) is 12.4 Å². The zero-order valence-corrected chi connectivity index (χ0v) is 15.8. The molecule has 3 rings (SSSR count). The molecule has 8 nitrogen and oxygen atoms in total. The Labute approximate surface area is 170 Å². The molecular weight excluding hydrogens is 396 g/mol. The number of nitro benzene ring substituents is 1. The zero-order chi connectivity index (χ0) is 20.8. The van der Waals surface area contributed by atoms with Crippen LogP contribution in [-0.4, -0.2) is 16.7 Å². The standard InChI is InChI=1S/C20H15ClN4O4/c21-15-3-5-17(6-4-15)23-20(27)14-2-1-11-24(12-14)13-19(26)22-16-7-9-18(10-8-16)25(28)29/h1-12H,13H2,(H-,22,23,26,27)/p+1. The third kappa shape index (κ3) is 5.60. The van der Waals surface area contributed by atoms with Crippen molar-refractivity contribution in [3.05, 3.63) is 93.8 Å². The van der Waals surface area contributed by atoms with Crippen molar-refractivity contribution in [2.75, 3.05) is 10.6 Å². The summed E-state index contributed by atoms with van der Waals surface area (Å²) in [7, 11) is 0. The lowest BCUT2D eigenvalue weighted by Crippen LogP contribution is -2.40. The SMILES string of the molecule is O=C(C[n+]1cccc(C(=O)Nc2ccc(Cl)cc2)c1)Nc1ccc([N+](=O)[O-])cc1. The van der Waals surface area contributed by atoms with Crippen molar-refractivity contribution in [2.24, 2.45) is 0 Å². The maximum absolute atomic E-state index is 12.4. The van der Waals surface area contributed by atoms with Crippen LogP contribution < -0.4 is 15.2 Å². The summed E-state index contributed by atoms with van der Waals surface area (Å²) in [6, 6.07) is 15.5. The van der Waals surface area contributed by atoms with Crippen molar-refractivity contribution >= 4 is 40.5 Å².